The van der Waals surface area contributed by atoms with E-state index in [4.69, 9.17) is 14.2 Å². The maximum Gasteiger partial charge on any atom is 0.306 e. The lowest BCUT2D eigenvalue weighted by atomic mass is 9.78. The molecule has 0 spiro atoms. The number of carbonyl (C=O) groups excluding carboxylic acids is 1. The van der Waals surface area contributed by atoms with Gasteiger partial charge in [0.25, 0.3) is 0 Å². The smallest absolute Gasteiger partial charge is 0.306 e. The quantitative estimate of drug-likeness (QED) is 0.310. The van der Waals surface area contributed by atoms with Gasteiger partial charge in [-0.2, -0.15) is 5.10 Å². The summed E-state index contributed by atoms with van der Waals surface area (Å²) in [6, 6.07) is 15.7. The zero-order chi connectivity index (χ0) is 25.5. The molecule has 0 saturated heterocycles. The van der Waals surface area contributed by atoms with Crippen molar-refractivity contribution in [3.63, 3.8) is 0 Å². The van der Waals surface area contributed by atoms with Crippen molar-refractivity contribution in [3.05, 3.63) is 72.1 Å². The van der Waals surface area contributed by atoms with E-state index in [0.717, 1.165) is 17.7 Å². The van der Waals surface area contributed by atoms with Crippen molar-refractivity contribution < 1.29 is 27.4 Å². The summed E-state index contributed by atoms with van der Waals surface area (Å²) in [7, 11) is -2.00. The van der Waals surface area contributed by atoms with Crippen LogP contribution in [0.2, 0.25) is 0 Å². The number of ether oxygens (including phenoxy) is 3. The first-order valence-electron chi connectivity index (χ1n) is 11.9. The van der Waals surface area contributed by atoms with Crippen molar-refractivity contribution in [2.45, 2.75) is 30.6 Å². The summed E-state index contributed by atoms with van der Waals surface area (Å²) in [5, 5.41) is 3.90. The molecule has 2 unspecified atom stereocenters. The van der Waals surface area contributed by atoms with E-state index in [2.05, 4.69) is 22.0 Å². The number of sulfonamides is 1. The average molecular weight is 514 g/mol. The molecule has 0 fully saturated rings. The average Bonchev–Trinajstić information content (AvgIpc) is 3.31. The highest BCUT2D eigenvalue weighted by Gasteiger charge is 2.33. The molecule has 192 valence electrons. The van der Waals surface area contributed by atoms with Crippen LogP contribution in [-0.4, -0.2) is 50.5 Å². The van der Waals surface area contributed by atoms with Crippen LogP contribution >= 0.6 is 0 Å². The Morgan fingerprint density at radius 1 is 1.22 bits per heavy atom. The zero-order valence-electron chi connectivity index (χ0n) is 20.4. The Morgan fingerprint density at radius 2 is 2.03 bits per heavy atom. The molecular formula is C26H31N3O6S. The van der Waals surface area contributed by atoms with Crippen LogP contribution in [0.5, 0.6) is 11.5 Å². The minimum atomic E-state index is -3.65. The molecule has 4 rings (SSSR count). The number of fused-ring (bicyclic) bond motifs is 1. The van der Waals surface area contributed by atoms with Crippen molar-refractivity contribution in [2.75, 3.05) is 26.4 Å². The third-order valence-electron chi connectivity index (χ3n) is 6.09. The molecule has 9 nitrogen and oxygen atoms in total. The second kappa shape index (κ2) is 11.6. The minimum absolute atomic E-state index is 0.0354. The number of carbonyl (C=O) groups is 1. The number of benzene rings is 2. The van der Waals surface area contributed by atoms with Gasteiger partial charge in [-0.15, -0.1) is 0 Å². The topological polar surface area (TPSA) is 109 Å². The van der Waals surface area contributed by atoms with Gasteiger partial charge < -0.3 is 14.2 Å². The van der Waals surface area contributed by atoms with E-state index in [0.29, 0.717) is 19.0 Å². The number of hydrogen-bond acceptors (Lipinski definition) is 7. The number of nitrogens with one attached hydrogen (secondary N) is 1. The van der Waals surface area contributed by atoms with Crippen LogP contribution in [-0.2, 0) is 33.0 Å². The van der Waals surface area contributed by atoms with Gasteiger partial charge in [0.15, 0.2) is 0 Å². The van der Waals surface area contributed by atoms with Gasteiger partial charge in [0.2, 0.25) is 10.0 Å². The number of nitrogens with zero attached hydrogens (tertiary/aromatic N) is 2. The summed E-state index contributed by atoms with van der Waals surface area (Å²) in [5.74, 6) is 1.13. The highest BCUT2D eigenvalue weighted by molar-refractivity contribution is 7.89. The number of hydrogen-bond donors (Lipinski definition) is 1. The summed E-state index contributed by atoms with van der Waals surface area (Å²) in [6.45, 7) is 2.82. The van der Waals surface area contributed by atoms with Crippen LogP contribution in [0.1, 0.15) is 30.4 Å². The predicted octanol–water partition coefficient (Wildman–Crippen LogP) is 3.07. The molecular weight excluding hydrogens is 482 g/mol. The van der Waals surface area contributed by atoms with Gasteiger partial charge in [0.05, 0.1) is 25.8 Å². The highest BCUT2D eigenvalue weighted by Crippen LogP contribution is 2.42. The Hall–Kier alpha value is -3.37. The molecule has 1 aromatic heterocycles. The molecule has 0 bridgehead atoms. The summed E-state index contributed by atoms with van der Waals surface area (Å²) in [6.07, 6.45) is 3.75. The molecule has 0 radical (unpaired) electrons. The summed E-state index contributed by atoms with van der Waals surface area (Å²) >= 11 is 0. The third kappa shape index (κ3) is 6.44. The lowest BCUT2D eigenvalue weighted by molar-refractivity contribution is -0.144. The van der Waals surface area contributed by atoms with Gasteiger partial charge >= 0.3 is 5.97 Å². The third-order valence-corrected chi connectivity index (χ3v) is 7.51. The molecule has 0 saturated carbocycles. The minimum Gasteiger partial charge on any atom is -0.493 e. The number of aromatic nitrogens is 2. The summed E-state index contributed by atoms with van der Waals surface area (Å²) in [4.78, 5) is 12.4. The van der Waals surface area contributed by atoms with Gasteiger partial charge in [0, 0.05) is 31.3 Å². The van der Waals surface area contributed by atoms with E-state index < -0.39 is 10.0 Å². The molecule has 2 aromatic carbocycles. The Bertz CT molecular complexity index is 1280. The molecule has 1 aliphatic heterocycles. The second-order valence-electron chi connectivity index (χ2n) is 8.67. The van der Waals surface area contributed by atoms with Crippen molar-refractivity contribution in [1.29, 1.82) is 0 Å². The lowest BCUT2D eigenvalue weighted by Crippen LogP contribution is -2.30. The van der Waals surface area contributed by atoms with Crippen LogP contribution < -0.4 is 14.2 Å². The first kappa shape index (κ1) is 25.7. The molecule has 0 aliphatic carbocycles. The van der Waals surface area contributed by atoms with Crippen LogP contribution in [0, 0.1) is 5.92 Å². The molecule has 2 heterocycles. The van der Waals surface area contributed by atoms with Crippen molar-refractivity contribution in [1.82, 2.24) is 14.5 Å². The van der Waals surface area contributed by atoms with Crippen LogP contribution in [0.3, 0.4) is 0 Å². The molecule has 1 N–H and O–H groups in total. The first-order valence-corrected chi connectivity index (χ1v) is 13.4. The normalized spacial score (nSPS) is 17.2. The van der Waals surface area contributed by atoms with E-state index in [-0.39, 0.29) is 42.3 Å². The highest BCUT2D eigenvalue weighted by atomic mass is 32.2. The number of aryl methyl sites for hydroxylation is 1. The molecule has 3 aromatic rings. The van der Waals surface area contributed by atoms with E-state index >= 15 is 0 Å². The fourth-order valence-corrected chi connectivity index (χ4v) is 5.35. The first-order chi connectivity index (χ1) is 17.4. The SMILES string of the molecule is CCOC(=O)CC1COc2ccc(OCCNS(=O)(=O)c3cnn(C)c3)cc2C1Cc1ccccc1. The largest absolute Gasteiger partial charge is 0.493 e. The van der Waals surface area contributed by atoms with Crippen molar-refractivity contribution in [3.8, 4) is 11.5 Å². The summed E-state index contributed by atoms with van der Waals surface area (Å²) in [5.41, 5.74) is 2.13. The number of rotatable bonds is 11. The molecule has 36 heavy (non-hydrogen) atoms. The Kier molecular flexibility index (Phi) is 8.27. The Morgan fingerprint density at radius 3 is 2.75 bits per heavy atom. The lowest BCUT2D eigenvalue weighted by Gasteiger charge is -2.33. The summed E-state index contributed by atoms with van der Waals surface area (Å²) < 4.78 is 45.7. The Labute approximate surface area is 211 Å². The predicted molar refractivity (Wildman–Crippen MR) is 133 cm³/mol. The Balaban J connectivity index is 1.46. The van der Waals surface area contributed by atoms with Crippen molar-refractivity contribution >= 4 is 16.0 Å². The molecule has 0 amide bonds. The zero-order valence-corrected chi connectivity index (χ0v) is 21.2. The van der Waals surface area contributed by atoms with E-state index in [1.54, 1.807) is 20.0 Å². The van der Waals surface area contributed by atoms with Gasteiger partial charge in [0.1, 0.15) is 23.0 Å². The molecule has 10 heteroatoms. The van der Waals surface area contributed by atoms with Crippen LogP contribution in [0.4, 0.5) is 0 Å². The maximum atomic E-state index is 12.4. The van der Waals surface area contributed by atoms with E-state index in [9.17, 15) is 13.2 Å². The standard InChI is InChI=1S/C26H31N3O6S/c1-3-33-26(30)14-20-18-35-25-10-9-21(15-24(25)23(20)13-19-7-5-4-6-8-19)34-12-11-28-36(31,32)22-16-27-29(2)17-22/h4-10,15-17,20,23,28H,3,11-14,18H2,1-2H3. The van der Waals surface area contributed by atoms with Crippen LogP contribution in [0.25, 0.3) is 0 Å². The fraction of sp³-hybridized carbons (Fsp3) is 0.385. The molecule has 2 atom stereocenters. The van der Waals surface area contributed by atoms with Gasteiger partial charge in [-0.05, 0) is 43.0 Å². The second-order valence-corrected chi connectivity index (χ2v) is 10.4. The maximum absolute atomic E-state index is 12.4. The number of esters is 1. The monoisotopic (exact) mass is 513 g/mol. The van der Waals surface area contributed by atoms with Gasteiger partial charge in [-0.1, -0.05) is 30.3 Å². The fourth-order valence-electron chi connectivity index (χ4n) is 4.35. The van der Waals surface area contributed by atoms with Gasteiger partial charge in [-0.25, -0.2) is 13.1 Å². The van der Waals surface area contributed by atoms with Crippen LogP contribution in [0.15, 0.2) is 65.8 Å². The van der Waals surface area contributed by atoms with E-state index in [1.165, 1.54) is 22.6 Å². The van der Waals surface area contributed by atoms with Gasteiger partial charge in [-0.3, -0.25) is 9.48 Å². The molecule has 1 aliphatic rings. The van der Waals surface area contributed by atoms with Crippen molar-refractivity contribution in [2.24, 2.45) is 13.0 Å². The van der Waals surface area contributed by atoms with E-state index in [1.807, 2.05) is 30.3 Å².